The van der Waals surface area contributed by atoms with Gasteiger partial charge in [-0.3, -0.25) is 9.59 Å². The van der Waals surface area contributed by atoms with Gasteiger partial charge >= 0.3 is 13.3 Å². The van der Waals surface area contributed by atoms with Crippen molar-refractivity contribution in [3.63, 3.8) is 0 Å². The van der Waals surface area contributed by atoms with Crippen molar-refractivity contribution in [1.82, 2.24) is 10.6 Å². The number of carbonyl (C=O) groups excluding carboxylic acids is 2. The predicted octanol–water partition coefficient (Wildman–Crippen LogP) is 3.39. The van der Waals surface area contributed by atoms with E-state index in [1.54, 1.807) is 24.3 Å². The van der Waals surface area contributed by atoms with Crippen molar-refractivity contribution < 1.29 is 37.6 Å². The summed E-state index contributed by atoms with van der Waals surface area (Å²) >= 11 is 5.95. The maximum Gasteiger partial charge on any atom is 0.475 e. The standard InChI is InChI=1S/C25H28BClF3N3O5/c1-15(2)10-21(26(36)37)32-23(35)24(12-16-6-4-3-5-7-16)13-18(33-38-24)14-31-22(34)19-11-17(25(28,29)30)8-9-20(19)27/h3-9,11,15,21,36-37H,10,12-14H2,1-2H3,(H,31,34)(H,32,35)/t21-,24?/m0/s1. The van der Waals surface area contributed by atoms with E-state index in [2.05, 4.69) is 15.8 Å². The maximum atomic E-state index is 13.4. The van der Waals surface area contributed by atoms with E-state index in [0.717, 1.165) is 17.7 Å². The SMILES string of the molecule is CC(C)C[C@H](NC(=O)C1(Cc2ccccc2)CC(CNC(=O)c2cc(C(F)(F)F)ccc2Cl)=NO1)B(O)O. The minimum Gasteiger partial charge on any atom is -0.426 e. The Morgan fingerprint density at radius 1 is 1.18 bits per heavy atom. The van der Waals surface area contributed by atoms with Crippen LogP contribution in [-0.4, -0.2) is 52.8 Å². The van der Waals surface area contributed by atoms with Gasteiger partial charge in [-0.25, -0.2) is 0 Å². The Kier molecular flexibility index (Phi) is 9.45. The zero-order chi connectivity index (χ0) is 28.1. The topological polar surface area (TPSA) is 120 Å². The van der Waals surface area contributed by atoms with E-state index in [9.17, 15) is 32.8 Å². The van der Waals surface area contributed by atoms with Gasteiger partial charge in [0.15, 0.2) is 0 Å². The maximum absolute atomic E-state index is 13.4. The summed E-state index contributed by atoms with van der Waals surface area (Å²) in [6, 6.07) is 11.4. The highest BCUT2D eigenvalue weighted by molar-refractivity contribution is 6.43. The molecule has 2 atom stereocenters. The molecule has 1 aliphatic rings. The summed E-state index contributed by atoms with van der Waals surface area (Å²) in [7, 11) is -1.80. The summed E-state index contributed by atoms with van der Waals surface area (Å²) < 4.78 is 39.2. The van der Waals surface area contributed by atoms with Crippen molar-refractivity contribution in [3.05, 3.63) is 70.2 Å². The summed E-state index contributed by atoms with van der Waals surface area (Å²) in [5.74, 6) is -2.37. The quantitative estimate of drug-likeness (QED) is 0.336. The van der Waals surface area contributed by atoms with Crippen molar-refractivity contribution in [2.24, 2.45) is 11.1 Å². The molecule has 4 N–H and O–H groups in total. The van der Waals surface area contributed by atoms with Gasteiger partial charge in [-0.1, -0.05) is 60.9 Å². The van der Waals surface area contributed by atoms with Crippen molar-refractivity contribution >= 4 is 36.2 Å². The predicted molar refractivity (Wildman–Crippen MR) is 136 cm³/mol. The second-order valence-corrected chi connectivity index (χ2v) is 9.99. The minimum atomic E-state index is -4.65. The fourth-order valence-electron chi connectivity index (χ4n) is 4.08. The van der Waals surface area contributed by atoms with Crippen molar-refractivity contribution in [3.8, 4) is 0 Å². The molecule has 2 aromatic carbocycles. The van der Waals surface area contributed by atoms with Crippen LogP contribution in [0.4, 0.5) is 13.2 Å². The number of alkyl halides is 3. The first-order chi connectivity index (χ1) is 17.8. The third kappa shape index (κ3) is 7.49. The molecule has 0 aromatic heterocycles. The van der Waals surface area contributed by atoms with Gasteiger partial charge in [0.05, 0.1) is 34.3 Å². The molecule has 2 amide bonds. The number of rotatable bonds is 10. The molecule has 0 radical (unpaired) electrons. The lowest BCUT2D eigenvalue weighted by atomic mass is 9.74. The summed E-state index contributed by atoms with van der Waals surface area (Å²) in [4.78, 5) is 31.6. The molecular weight excluding hydrogens is 526 g/mol. The molecular formula is C25H28BClF3N3O5. The van der Waals surface area contributed by atoms with Crippen LogP contribution in [0.2, 0.25) is 5.02 Å². The lowest BCUT2D eigenvalue weighted by Gasteiger charge is -2.29. The lowest BCUT2D eigenvalue weighted by molar-refractivity contribution is -0.144. The van der Waals surface area contributed by atoms with Crippen molar-refractivity contribution in [1.29, 1.82) is 0 Å². The zero-order valence-electron chi connectivity index (χ0n) is 20.8. The van der Waals surface area contributed by atoms with Gasteiger partial charge in [-0.15, -0.1) is 0 Å². The van der Waals surface area contributed by atoms with Gasteiger partial charge in [0.1, 0.15) is 0 Å². The zero-order valence-corrected chi connectivity index (χ0v) is 21.5. The monoisotopic (exact) mass is 553 g/mol. The van der Waals surface area contributed by atoms with Crippen LogP contribution in [0, 0.1) is 5.92 Å². The average Bonchev–Trinajstić information content (AvgIpc) is 3.26. The first-order valence-corrected chi connectivity index (χ1v) is 12.3. The fraction of sp³-hybridized carbons (Fsp3) is 0.400. The molecule has 3 rings (SSSR count). The average molecular weight is 554 g/mol. The summed E-state index contributed by atoms with van der Waals surface area (Å²) in [5.41, 5.74) is -1.91. The van der Waals surface area contributed by atoms with E-state index in [1.807, 2.05) is 19.9 Å². The second kappa shape index (κ2) is 12.2. The number of nitrogens with zero attached hydrogens (tertiary/aromatic N) is 1. The molecule has 8 nitrogen and oxygen atoms in total. The molecule has 2 aromatic rings. The minimum absolute atomic E-state index is 0.0553. The Balaban J connectivity index is 1.75. The van der Waals surface area contributed by atoms with Crippen LogP contribution < -0.4 is 10.6 Å². The molecule has 0 saturated carbocycles. The van der Waals surface area contributed by atoms with Crippen LogP contribution >= 0.6 is 11.6 Å². The van der Waals surface area contributed by atoms with Crippen LogP contribution in [0.3, 0.4) is 0 Å². The highest BCUT2D eigenvalue weighted by atomic mass is 35.5. The molecule has 0 spiro atoms. The van der Waals surface area contributed by atoms with Gasteiger partial charge in [0, 0.05) is 12.8 Å². The fourth-order valence-corrected chi connectivity index (χ4v) is 4.28. The third-order valence-corrected chi connectivity index (χ3v) is 6.31. The van der Waals surface area contributed by atoms with E-state index in [-0.39, 0.29) is 41.6 Å². The first-order valence-electron chi connectivity index (χ1n) is 11.9. The van der Waals surface area contributed by atoms with E-state index in [1.165, 1.54) is 0 Å². The molecule has 1 aliphatic heterocycles. The number of oxime groups is 1. The number of nitrogens with one attached hydrogen (secondary N) is 2. The number of hydrogen-bond acceptors (Lipinski definition) is 6. The van der Waals surface area contributed by atoms with Crippen LogP contribution in [-0.2, 0) is 22.2 Å². The summed E-state index contributed by atoms with van der Waals surface area (Å²) in [5, 5.41) is 28.5. The summed E-state index contributed by atoms with van der Waals surface area (Å²) in [6.07, 6.45) is -4.31. The van der Waals surface area contributed by atoms with Gasteiger partial charge in [0.25, 0.3) is 11.8 Å². The molecule has 1 heterocycles. The van der Waals surface area contributed by atoms with Crippen LogP contribution in [0.25, 0.3) is 0 Å². The Bertz CT molecular complexity index is 1180. The van der Waals surface area contributed by atoms with Gasteiger partial charge < -0.3 is 25.5 Å². The molecule has 0 fully saturated rings. The van der Waals surface area contributed by atoms with E-state index >= 15 is 0 Å². The molecule has 0 bridgehead atoms. The largest absolute Gasteiger partial charge is 0.475 e. The Hall–Kier alpha value is -3.09. The van der Waals surface area contributed by atoms with Crippen molar-refractivity contribution in [2.45, 2.75) is 50.8 Å². The van der Waals surface area contributed by atoms with Crippen LogP contribution in [0.1, 0.15) is 48.2 Å². The number of amides is 2. The Labute approximate surface area is 223 Å². The number of halogens is 4. The van der Waals surface area contributed by atoms with E-state index in [0.29, 0.717) is 12.5 Å². The van der Waals surface area contributed by atoms with Gasteiger partial charge in [-0.2, -0.15) is 13.2 Å². The molecule has 204 valence electrons. The normalized spacial score (nSPS) is 18.0. The molecule has 38 heavy (non-hydrogen) atoms. The van der Waals surface area contributed by atoms with E-state index < -0.39 is 42.2 Å². The smallest absolute Gasteiger partial charge is 0.426 e. The number of hydrogen-bond donors (Lipinski definition) is 4. The van der Waals surface area contributed by atoms with Crippen LogP contribution in [0.15, 0.2) is 53.7 Å². The number of benzene rings is 2. The Morgan fingerprint density at radius 3 is 2.47 bits per heavy atom. The lowest BCUT2D eigenvalue weighted by Crippen LogP contribution is -2.56. The van der Waals surface area contributed by atoms with Crippen LogP contribution in [0.5, 0.6) is 0 Å². The van der Waals surface area contributed by atoms with E-state index in [4.69, 9.17) is 16.4 Å². The molecule has 13 heteroatoms. The third-order valence-electron chi connectivity index (χ3n) is 5.98. The highest BCUT2D eigenvalue weighted by Gasteiger charge is 2.48. The molecule has 1 unspecified atom stereocenters. The molecule has 0 aliphatic carbocycles. The highest BCUT2D eigenvalue weighted by Crippen LogP contribution is 2.32. The second-order valence-electron chi connectivity index (χ2n) is 9.58. The first kappa shape index (κ1) is 29.5. The summed E-state index contributed by atoms with van der Waals surface area (Å²) in [6.45, 7) is 3.52. The van der Waals surface area contributed by atoms with Gasteiger partial charge in [0.2, 0.25) is 5.60 Å². The van der Waals surface area contributed by atoms with Crippen molar-refractivity contribution in [2.75, 3.05) is 6.54 Å². The van der Waals surface area contributed by atoms with Gasteiger partial charge in [-0.05, 0) is 36.1 Å². The Morgan fingerprint density at radius 2 is 1.87 bits per heavy atom. The molecule has 0 saturated heterocycles. The number of carbonyl (C=O) groups is 2.